The summed E-state index contributed by atoms with van der Waals surface area (Å²) in [4.78, 5) is 26.8. The van der Waals surface area contributed by atoms with Gasteiger partial charge in [0.15, 0.2) is 17.5 Å². The zero-order valence-electron chi connectivity index (χ0n) is 19.2. The van der Waals surface area contributed by atoms with Crippen LogP contribution in [0.1, 0.15) is 48.0 Å². The van der Waals surface area contributed by atoms with Crippen LogP contribution in [0.25, 0.3) is 0 Å². The van der Waals surface area contributed by atoms with E-state index >= 15 is 0 Å². The van der Waals surface area contributed by atoms with Crippen molar-refractivity contribution < 1.29 is 29.6 Å². The SMILES string of the molecule is C/C=C(/C)C(=O)O[C@H]1C(C)=C[C@]23C(=O)[C@@H](C=C(CO)[C@@H](O)[C@]12O)[C@H]1C(CC3C)C1(C)C. The lowest BCUT2D eigenvalue weighted by Gasteiger charge is -2.48. The topological polar surface area (TPSA) is 104 Å². The number of aliphatic hydroxyl groups is 3. The Labute approximate surface area is 183 Å². The van der Waals surface area contributed by atoms with Crippen LogP contribution in [0.4, 0.5) is 0 Å². The van der Waals surface area contributed by atoms with Gasteiger partial charge in [0.05, 0.1) is 12.0 Å². The van der Waals surface area contributed by atoms with Crippen LogP contribution in [0, 0.1) is 34.5 Å². The van der Waals surface area contributed by atoms with Crippen LogP contribution in [-0.2, 0) is 14.3 Å². The summed E-state index contributed by atoms with van der Waals surface area (Å²) in [6.07, 6.45) is 3.04. The van der Waals surface area contributed by atoms with Crippen molar-refractivity contribution in [1.29, 1.82) is 0 Å². The Kier molecular flexibility index (Phi) is 4.97. The maximum absolute atomic E-state index is 14.2. The fourth-order valence-electron chi connectivity index (χ4n) is 6.91. The van der Waals surface area contributed by atoms with Crippen LogP contribution < -0.4 is 0 Å². The minimum absolute atomic E-state index is 0.0209. The Morgan fingerprint density at radius 3 is 2.58 bits per heavy atom. The Bertz CT molecular complexity index is 926. The van der Waals surface area contributed by atoms with Gasteiger partial charge in [-0.2, -0.15) is 0 Å². The van der Waals surface area contributed by atoms with Gasteiger partial charge < -0.3 is 20.1 Å². The quantitative estimate of drug-likeness (QED) is 0.361. The highest BCUT2D eigenvalue weighted by atomic mass is 16.6. The Balaban J connectivity index is 1.91. The van der Waals surface area contributed by atoms with Crippen LogP contribution in [0.5, 0.6) is 0 Å². The number of allylic oxidation sites excluding steroid dienone is 2. The third kappa shape index (κ3) is 2.61. The molecule has 0 saturated heterocycles. The average molecular weight is 431 g/mol. The molecule has 170 valence electrons. The predicted octanol–water partition coefficient (Wildman–Crippen LogP) is 2.33. The molecule has 0 aromatic heterocycles. The number of fused-ring (bicyclic) bond motifs is 3. The molecule has 4 aliphatic carbocycles. The van der Waals surface area contributed by atoms with Crippen molar-refractivity contribution in [3.8, 4) is 0 Å². The summed E-state index contributed by atoms with van der Waals surface area (Å²) in [6, 6.07) is 0. The molecule has 4 aliphatic rings. The summed E-state index contributed by atoms with van der Waals surface area (Å²) < 4.78 is 5.72. The number of carbonyl (C=O) groups is 2. The van der Waals surface area contributed by atoms with Crippen molar-refractivity contribution in [2.45, 2.75) is 65.8 Å². The monoisotopic (exact) mass is 430 g/mol. The molecule has 8 atom stereocenters. The minimum Gasteiger partial charge on any atom is -0.451 e. The zero-order valence-corrected chi connectivity index (χ0v) is 19.2. The summed E-state index contributed by atoms with van der Waals surface area (Å²) >= 11 is 0. The van der Waals surface area contributed by atoms with E-state index in [1.54, 1.807) is 39.0 Å². The van der Waals surface area contributed by atoms with Gasteiger partial charge in [0.2, 0.25) is 0 Å². The maximum Gasteiger partial charge on any atom is 0.334 e. The Hall–Kier alpha value is -1.76. The van der Waals surface area contributed by atoms with Crippen LogP contribution in [-0.4, -0.2) is 51.5 Å². The van der Waals surface area contributed by atoms with Crippen molar-refractivity contribution >= 4 is 11.8 Å². The van der Waals surface area contributed by atoms with Gasteiger partial charge in [-0.1, -0.05) is 39.0 Å². The van der Waals surface area contributed by atoms with Gasteiger partial charge in [-0.25, -0.2) is 4.79 Å². The van der Waals surface area contributed by atoms with Crippen molar-refractivity contribution in [3.63, 3.8) is 0 Å². The van der Waals surface area contributed by atoms with Crippen molar-refractivity contribution in [3.05, 3.63) is 34.9 Å². The molecule has 0 aromatic rings. The minimum atomic E-state index is -2.08. The number of rotatable bonds is 3. The van der Waals surface area contributed by atoms with Gasteiger partial charge in [-0.15, -0.1) is 0 Å². The number of ketones is 1. The molecule has 2 fully saturated rings. The maximum atomic E-state index is 14.2. The Morgan fingerprint density at radius 2 is 2.00 bits per heavy atom. The second-order valence-corrected chi connectivity index (χ2v) is 10.6. The molecule has 0 amide bonds. The largest absolute Gasteiger partial charge is 0.451 e. The van der Waals surface area contributed by atoms with Gasteiger partial charge in [-0.05, 0) is 61.5 Å². The highest BCUT2D eigenvalue weighted by molar-refractivity contribution is 5.96. The van der Waals surface area contributed by atoms with Crippen molar-refractivity contribution in [2.75, 3.05) is 6.61 Å². The molecule has 0 aliphatic heterocycles. The molecule has 2 saturated carbocycles. The van der Waals surface area contributed by atoms with Crippen LogP contribution in [0.2, 0.25) is 0 Å². The molecule has 2 bridgehead atoms. The van der Waals surface area contributed by atoms with Crippen LogP contribution >= 0.6 is 0 Å². The molecular formula is C25H34O6. The summed E-state index contributed by atoms with van der Waals surface area (Å²) in [7, 11) is 0. The highest BCUT2D eigenvalue weighted by Crippen LogP contribution is 2.71. The van der Waals surface area contributed by atoms with E-state index in [9.17, 15) is 24.9 Å². The number of carbonyl (C=O) groups excluding carboxylic acids is 2. The smallest absolute Gasteiger partial charge is 0.334 e. The van der Waals surface area contributed by atoms with Gasteiger partial charge in [0.25, 0.3) is 0 Å². The summed E-state index contributed by atoms with van der Waals surface area (Å²) in [6.45, 7) is 10.8. The second-order valence-electron chi connectivity index (χ2n) is 10.6. The molecule has 0 radical (unpaired) electrons. The van der Waals surface area contributed by atoms with Gasteiger partial charge in [0, 0.05) is 11.5 Å². The third-order valence-corrected chi connectivity index (χ3v) is 8.88. The zero-order chi connectivity index (χ0) is 23.1. The number of ether oxygens (including phenoxy) is 1. The number of hydrogen-bond donors (Lipinski definition) is 3. The summed E-state index contributed by atoms with van der Waals surface area (Å²) in [5.41, 5.74) is -2.36. The first-order valence-corrected chi connectivity index (χ1v) is 11.2. The van der Waals surface area contributed by atoms with Gasteiger partial charge in [-0.3, -0.25) is 4.79 Å². The first-order chi connectivity index (χ1) is 14.4. The molecule has 4 rings (SSSR count). The molecule has 31 heavy (non-hydrogen) atoms. The lowest BCUT2D eigenvalue weighted by atomic mass is 9.59. The molecule has 1 spiro atoms. The molecule has 2 unspecified atom stereocenters. The number of esters is 1. The lowest BCUT2D eigenvalue weighted by molar-refractivity contribution is -0.201. The summed E-state index contributed by atoms with van der Waals surface area (Å²) in [5, 5.41) is 33.7. The van der Waals surface area contributed by atoms with E-state index in [1.807, 2.05) is 6.92 Å². The number of aliphatic hydroxyl groups excluding tert-OH is 2. The molecule has 0 heterocycles. The first-order valence-electron chi connectivity index (χ1n) is 11.2. The second kappa shape index (κ2) is 6.87. The highest BCUT2D eigenvalue weighted by Gasteiger charge is 2.76. The lowest BCUT2D eigenvalue weighted by Crippen LogP contribution is -2.65. The van der Waals surface area contributed by atoms with Gasteiger partial charge in [0.1, 0.15) is 6.10 Å². The molecule has 0 aromatic carbocycles. The Morgan fingerprint density at radius 1 is 1.35 bits per heavy atom. The predicted molar refractivity (Wildman–Crippen MR) is 115 cm³/mol. The average Bonchev–Trinajstić information content (AvgIpc) is 3.21. The van der Waals surface area contributed by atoms with Crippen LogP contribution in [0.15, 0.2) is 34.9 Å². The third-order valence-electron chi connectivity index (χ3n) is 8.88. The van der Waals surface area contributed by atoms with E-state index in [4.69, 9.17) is 4.74 Å². The normalized spacial score (nSPS) is 45.6. The van der Waals surface area contributed by atoms with E-state index in [2.05, 4.69) is 13.8 Å². The standard InChI is InChI=1S/C25H34O6/c1-7-12(2)22(29)31-21-13(3)10-24-14(4)8-17-18(23(17,5)6)16(20(24)28)9-15(11-26)19(27)25(21,24)30/h7,9-10,14,16-19,21,26-27,30H,8,11H2,1-6H3/b12-7-/t14?,16-,17?,18-,19+,21-,24-,25-/m0/s1. The van der Waals surface area contributed by atoms with Crippen LogP contribution in [0.3, 0.4) is 0 Å². The first kappa shape index (κ1) is 22.4. The van der Waals surface area contributed by atoms with E-state index in [0.717, 1.165) is 6.42 Å². The number of Topliss-reactive ketones (excluding diaryl/α,β-unsaturated/α-hetero) is 1. The molecule has 6 nitrogen and oxygen atoms in total. The van der Waals surface area contributed by atoms with E-state index < -0.39 is 41.7 Å². The van der Waals surface area contributed by atoms with Crippen molar-refractivity contribution in [2.24, 2.45) is 34.5 Å². The number of hydrogen-bond acceptors (Lipinski definition) is 6. The molecule has 3 N–H and O–H groups in total. The van der Waals surface area contributed by atoms with E-state index in [-0.39, 0.29) is 28.6 Å². The van der Waals surface area contributed by atoms with E-state index in [0.29, 0.717) is 17.1 Å². The van der Waals surface area contributed by atoms with Crippen molar-refractivity contribution in [1.82, 2.24) is 0 Å². The van der Waals surface area contributed by atoms with Gasteiger partial charge >= 0.3 is 5.97 Å². The fraction of sp³-hybridized carbons (Fsp3) is 0.680. The molecule has 6 heteroatoms. The fourth-order valence-corrected chi connectivity index (χ4v) is 6.91. The van der Waals surface area contributed by atoms with E-state index in [1.165, 1.54) is 0 Å². The summed E-state index contributed by atoms with van der Waals surface area (Å²) in [5.74, 6) is -1.13. The molecular weight excluding hydrogens is 396 g/mol.